The number of para-hydroxylation sites is 1. The number of nitro groups is 1. The zero-order chi connectivity index (χ0) is 18.4. The monoisotopic (exact) mass is 377 g/mol. The van der Waals surface area contributed by atoms with Gasteiger partial charge in [0.15, 0.2) is 0 Å². The van der Waals surface area contributed by atoms with Crippen molar-refractivity contribution in [3.8, 4) is 5.75 Å². The standard InChI is InChI=1S/C20H15N3O3S/c24-23(25)19-11-10-18(27-19)20-22-16(14-8-4-5-9-17(14)26-20)12-15(21-22)13-6-2-1-3-7-13/h1-11,16,20H,12H2/t16-,20-/m0/s1. The maximum Gasteiger partial charge on any atom is 0.324 e. The van der Waals surface area contributed by atoms with E-state index in [4.69, 9.17) is 9.84 Å². The van der Waals surface area contributed by atoms with Gasteiger partial charge in [0.05, 0.1) is 21.6 Å². The molecule has 0 saturated heterocycles. The molecule has 5 rings (SSSR count). The number of hydrazone groups is 1. The third-order valence-corrected chi connectivity index (χ3v) is 5.91. The van der Waals surface area contributed by atoms with Crippen LogP contribution in [0, 0.1) is 10.1 Å². The van der Waals surface area contributed by atoms with E-state index in [9.17, 15) is 10.1 Å². The summed E-state index contributed by atoms with van der Waals surface area (Å²) >= 11 is 1.13. The van der Waals surface area contributed by atoms with Crippen LogP contribution in [-0.4, -0.2) is 15.6 Å². The first-order valence-corrected chi connectivity index (χ1v) is 9.43. The number of ether oxygens (including phenoxy) is 1. The molecule has 27 heavy (non-hydrogen) atoms. The van der Waals surface area contributed by atoms with Crippen LogP contribution in [0.4, 0.5) is 5.00 Å². The molecule has 2 aromatic carbocycles. The van der Waals surface area contributed by atoms with Crippen LogP contribution in [0.3, 0.4) is 0 Å². The predicted octanol–water partition coefficient (Wildman–Crippen LogP) is 4.90. The minimum Gasteiger partial charge on any atom is -0.464 e. The Kier molecular flexibility index (Phi) is 3.68. The molecule has 0 radical (unpaired) electrons. The summed E-state index contributed by atoms with van der Waals surface area (Å²) in [5, 5.41) is 18.0. The van der Waals surface area contributed by atoms with Gasteiger partial charge in [-0.15, -0.1) is 0 Å². The van der Waals surface area contributed by atoms with E-state index < -0.39 is 6.23 Å². The fourth-order valence-corrected chi connectivity index (χ4v) is 4.45. The number of benzene rings is 2. The highest BCUT2D eigenvalue weighted by molar-refractivity contribution is 7.15. The van der Waals surface area contributed by atoms with Gasteiger partial charge in [-0.3, -0.25) is 10.1 Å². The third kappa shape index (κ3) is 2.67. The molecular formula is C20H15N3O3S. The number of hydrogen-bond acceptors (Lipinski definition) is 6. The Hall–Kier alpha value is -3.19. The Morgan fingerprint density at radius 1 is 1.07 bits per heavy atom. The average Bonchev–Trinajstić information content (AvgIpc) is 3.36. The second-order valence-electron chi connectivity index (χ2n) is 6.45. The van der Waals surface area contributed by atoms with Crippen LogP contribution in [0.1, 0.15) is 34.7 Å². The topological polar surface area (TPSA) is 68.0 Å². The van der Waals surface area contributed by atoms with E-state index in [2.05, 4.69) is 18.2 Å². The molecule has 134 valence electrons. The molecule has 3 heterocycles. The quantitative estimate of drug-likeness (QED) is 0.481. The van der Waals surface area contributed by atoms with Crippen LogP contribution in [-0.2, 0) is 0 Å². The Labute approximate surface area is 159 Å². The van der Waals surface area contributed by atoms with Crippen molar-refractivity contribution in [1.82, 2.24) is 5.01 Å². The fourth-order valence-electron chi connectivity index (χ4n) is 3.60. The van der Waals surface area contributed by atoms with Crippen LogP contribution < -0.4 is 4.74 Å². The molecule has 0 unspecified atom stereocenters. The second kappa shape index (κ2) is 6.21. The first-order valence-electron chi connectivity index (χ1n) is 8.61. The van der Waals surface area contributed by atoms with Crippen molar-refractivity contribution in [2.24, 2.45) is 5.10 Å². The predicted molar refractivity (Wildman–Crippen MR) is 103 cm³/mol. The van der Waals surface area contributed by atoms with E-state index in [1.165, 1.54) is 6.07 Å². The van der Waals surface area contributed by atoms with Gasteiger partial charge in [0.1, 0.15) is 5.75 Å². The number of fused-ring (bicyclic) bond motifs is 3. The largest absolute Gasteiger partial charge is 0.464 e. The fraction of sp³-hybridized carbons (Fsp3) is 0.150. The van der Waals surface area contributed by atoms with Gasteiger partial charge in [0, 0.05) is 18.1 Å². The summed E-state index contributed by atoms with van der Waals surface area (Å²) in [6.45, 7) is 0. The Bertz CT molecular complexity index is 1050. The molecule has 7 heteroatoms. The zero-order valence-electron chi connectivity index (χ0n) is 14.2. The molecule has 0 amide bonds. The minimum atomic E-state index is -0.468. The van der Waals surface area contributed by atoms with Crippen molar-refractivity contribution in [1.29, 1.82) is 0 Å². The van der Waals surface area contributed by atoms with Gasteiger partial charge in [-0.25, -0.2) is 5.01 Å². The van der Waals surface area contributed by atoms with Crippen molar-refractivity contribution in [3.05, 3.63) is 92.8 Å². The van der Waals surface area contributed by atoms with Gasteiger partial charge in [-0.1, -0.05) is 59.9 Å². The molecule has 0 saturated carbocycles. The SMILES string of the molecule is O=[N+]([O-])c1ccc([C@@H]2Oc3ccccc3[C@@H]3CC(c4ccccc4)=NN32)s1. The molecule has 3 aromatic rings. The van der Waals surface area contributed by atoms with Gasteiger partial charge in [0.25, 0.3) is 0 Å². The molecule has 0 N–H and O–H groups in total. The smallest absolute Gasteiger partial charge is 0.324 e. The lowest BCUT2D eigenvalue weighted by Crippen LogP contribution is -2.33. The molecule has 2 aliphatic heterocycles. The summed E-state index contributed by atoms with van der Waals surface area (Å²) in [4.78, 5) is 11.5. The number of thiophene rings is 1. The van der Waals surface area contributed by atoms with Gasteiger partial charge < -0.3 is 4.74 Å². The van der Waals surface area contributed by atoms with Gasteiger partial charge >= 0.3 is 5.00 Å². The highest BCUT2D eigenvalue weighted by Gasteiger charge is 2.41. The molecule has 6 nitrogen and oxygen atoms in total. The lowest BCUT2D eigenvalue weighted by molar-refractivity contribution is -0.380. The summed E-state index contributed by atoms with van der Waals surface area (Å²) in [6, 6.07) is 21.4. The summed E-state index contributed by atoms with van der Waals surface area (Å²) in [7, 11) is 0. The molecule has 0 fully saturated rings. The summed E-state index contributed by atoms with van der Waals surface area (Å²) in [5.74, 6) is 0.810. The number of nitrogens with zero attached hydrogens (tertiary/aromatic N) is 3. The molecule has 1 aromatic heterocycles. The lowest BCUT2D eigenvalue weighted by Gasteiger charge is -2.37. The maximum atomic E-state index is 11.1. The summed E-state index contributed by atoms with van der Waals surface area (Å²) in [6.07, 6.45) is 0.304. The van der Waals surface area contributed by atoms with E-state index in [0.717, 1.165) is 45.2 Å². The van der Waals surface area contributed by atoms with Crippen molar-refractivity contribution in [3.63, 3.8) is 0 Å². The molecule has 0 bridgehead atoms. The highest BCUT2D eigenvalue weighted by Crippen LogP contribution is 2.48. The molecule has 2 atom stereocenters. The van der Waals surface area contributed by atoms with E-state index in [1.54, 1.807) is 6.07 Å². The second-order valence-corrected chi connectivity index (χ2v) is 7.55. The third-order valence-electron chi connectivity index (χ3n) is 4.84. The average molecular weight is 377 g/mol. The van der Waals surface area contributed by atoms with Crippen molar-refractivity contribution in [2.45, 2.75) is 18.7 Å². The molecule has 2 aliphatic rings. The van der Waals surface area contributed by atoms with Gasteiger partial charge in [-0.2, -0.15) is 5.10 Å². The van der Waals surface area contributed by atoms with Crippen LogP contribution in [0.2, 0.25) is 0 Å². The van der Waals surface area contributed by atoms with Crippen LogP contribution in [0.25, 0.3) is 0 Å². The first kappa shape index (κ1) is 16.0. The van der Waals surface area contributed by atoms with Crippen molar-refractivity contribution in [2.75, 3.05) is 0 Å². The first-order chi connectivity index (χ1) is 13.2. The normalized spacial score (nSPS) is 20.4. The maximum absolute atomic E-state index is 11.1. The zero-order valence-corrected chi connectivity index (χ0v) is 15.0. The number of hydrogen-bond donors (Lipinski definition) is 0. The Balaban J connectivity index is 1.59. The summed E-state index contributed by atoms with van der Waals surface area (Å²) < 4.78 is 6.22. The van der Waals surface area contributed by atoms with Crippen molar-refractivity contribution < 1.29 is 9.66 Å². The van der Waals surface area contributed by atoms with Gasteiger partial charge in [-0.05, 0) is 17.7 Å². The minimum absolute atomic E-state index is 0.0521. The molecular weight excluding hydrogens is 362 g/mol. The molecule has 0 aliphatic carbocycles. The van der Waals surface area contributed by atoms with E-state index in [1.807, 2.05) is 41.4 Å². The van der Waals surface area contributed by atoms with E-state index in [0.29, 0.717) is 0 Å². The number of rotatable bonds is 3. The van der Waals surface area contributed by atoms with Crippen LogP contribution in [0.15, 0.2) is 71.8 Å². The van der Waals surface area contributed by atoms with E-state index >= 15 is 0 Å². The summed E-state index contributed by atoms with van der Waals surface area (Å²) in [5.41, 5.74) is 3.17. The molecule has 0 spiro atoms. The Morgan fingerprint density at radius 2 is 1.85 bits per heavy atom. The van der Waals surface area contributed by atoms with E-state index in [-0.39, 0.29) is 16.0 Å². The van der Waals surface area contributed by atoms with Crippen LogP contribution >= 0.6 is 11.3 Å². The Morgan fingerprint density at radius 3 is 2.63 bits per heavy atom. The van der Waals surface area contributed by atoms with Gasteiger partial charge in [0.2, 0.25) is 6.23 Å². The highest BCUT2D eigenvalue weighted by atomic mass is 32.1. The lowest BCUT2D eigenvalue weighted by atomic mass is 9.96. The van der Waals surface area contributed by atoms with Crippen molar-refractivity contribution >= 4 is 22.0 Å². The van der Waals surface area contributed by atoms with Crippen LogP contribution in [0.5, 0.6) is 5.75 Å².